The van der Waals surface area contributed by atoms with Crippen LogP contribution in [0.15, 0.2) is 60.9 Å². The summed E-state index contributed by atoms with van der Waals surface area (Å²) >= 11 is 0. The third kappa shape index (κ3) is 2.62. The SMILES string of the molecule is Cc1nc2c3ccc(-c4ccc5c6c(ccc5c4)-c4nc(C)[nH]c4CO6)cc3c3c[nH]ncc3c2n1. The van der Waals surface area contributed by atoms with E-state index in [9.17, 15) is 0 Å². The Bertz CT molecular complexity index is 2030. The zero-order valence-electron chi connectivity index (χ0n) is 19.7. The minimum atomic E-state index is 0.506. The molecule has 0 atom stereocenters. The van der Waals surface area contributed by atoms with Crippen LogP contribution in [-0.2, 0) is 6.61 Å². The first-order chi connectivity index (χ1) is 17.6. The van der Waals surface area contributed by atoms with Crippen molar-refractivity contribution in [3.63, 3.8) is 0 Å². The first-order valence-corrected chi connectivity index (χ1v) is 11.9. The highest BCUT2D eigenvalue weighted by Crippen LogP contribution is 2.42. The Labute approximate surface area is 205 Å². The van der Waals surface area contributed by atoms with E-state index in [-0.39, 0.29) is 0 Å². The highest BCUT2D eigenvalue weighted by Gasteiger charge is 2.23. The molecule has 1 aliphatic rings. The van der Waals surface area contributed by atoms with Crippen molar-refractivity contribution in [2.45, 2.75) is 20.5 Å². The maximum absolute atomic E-state index is 6.18. The molecule has 0 saturated carbocycles. The molecule has 7 nitrogen and oxygen atoms in total. The van der Waals surface area contributed by atoms with Crippen LogP contribution in [0.3, 0.4) is 0 Å². The molecule has 0 fully saturated rings. The van der Waals surface area contributed by atoms with Crippen molar-refractivity contribution in [2.24, 2.45) is 0 Å². The van der Waals surface area contributed by atoms with Crippen LogP contribution in [0.25, 0.3) is 65.7 Å². The standard InChI is InChI=1S/C29H20N6O/c1-14-32-25-13-36-29-19-6-3-16(9-18(19)5-8-21(29)26(25)33-14)17-4-7-20-22(10-17)23-11-30-31-12-24(23)28-27(20)34-15(2)35-28/h3-12,30H,13H2,1-2H3,(H,32,33). The molecule has 3 aromatic heterocycles. The predicted octanol–water partition coefficient (Wildman–Crippen LogP) is 6.38. The highest BCUT2D eigenvalue weighted by atomic mass is 16.5. The summed E-state index contributed by atoms with van der Waals surface area (Å²) in [7, 11) is 0. The Hall–Kier alpha value is -4.78. The number of hydrogen-bond donors (Lipinski definition) is 2. The van der Waals surface area contributed by atoms with E-state index in [1.807, 2.05) is 26.2 Å². The van der Waals surface area contributed by atoms with E-state index >= 15 is 0 Å². The molecular weight excluding hydrogens is 448 g/mol. The van der Waals surface area contributed by atoms with Crippen LogP contribution in [0, 0.1) is 13.8 Å². The number of nitrogens with zero attached hydrogens (tertiary/aromatic N) is 4. The van der Waals surface area contributed by atoms with Gasteiger partial charge in [-0.05, 0) is 53.9 Å². The lowest BCUT2D eigenvalue weighted by atomic mass is 9.94. The molecule has 36 heavy (non-hydrogen) atoms. The molecule has 4 aromatic carbocycles. The average Bonchev–Trinajstić information content (AvgIpc) is 3.49. The molecule has 0 amide bonds. The minimum Gasteiger partial charge on any atom is -0.486 e. The lowest BCUT2D eigenvalue weighted by Crippen LogP contribution is -2.05. The van der Waals surface area contributed by atoms with Crippen LogP contribution < -0.4 is 4.74 Å². The summed E-state index contributed by atoms with van der Waals surface area (Å²) in [6.07, 6.45) is 3.78. The largest absolute Gasteiger partial charge is 0.486 e. The second-order valence-electron chi connectivity index (χ2n) is 9.40. The normalized spacial score (nSPS) is 12.8. The van der Waals surface area contributed by atoms with Crippen molar-refractivity contribution in [1.29, 1.82) is 0 Å². The fourth-order valence-electron chi connectivity index (χ4n) is 5.58. The lowest BCUT2D eigenvalue weighted by Gasteiger charge is -2.19. The number of rotatable bonds is 1. The molecule has 172 valence electrons. The third-order valence-corrected chi connectivity index (χ3v) is 7.18. The van der Waals surface area contributed by atoms with Gasteiger partial charge in [-0.3, -0.25) is 5.10 Å². The summed E-state index contributed by atoms with van der Waals surface area (Å²) in [5, 5.41) is 13.8. The van der Waals surface area contributed by atoms with E-state index < -0.39 is 0 Å². The van der Waals surface area contributed by atoms with Crippen molar-refractivity contribution in [2.75, 3.05) is 0 Å². The van der Waals surface area contributed by atoms with Gasteiger partial charge in [0.05, 0.1) is 23.1 Å². The van der Waals surface area contributed by atoms with Gasteiger partial charge in [-0.2, -0.15) is 5.10 Å². The quantitative estimate of drug-likeness (QED) is 0.273. The van der Waals surface area contributed by atoms with Crippen molar-refractivity contribution < 1.29 is 4.74 Å². The van der Waals surface area contributed by atoms with Crippen LogP contribution in [0.2, 0.25) is 0 Å². The Morgan fingerprint density at radius 1 is 0.778 bits per heavy atom. The van der Waals surface area contributed by atoms with Gasteiger partial charge in [0.15, 0.2) is 0 Å². The molecule has 0 aliphatic carbocycles. The van der Waals surface area contributed by atoms with Gasteiger partial charge in [0.25, 0.3) is 0 Å². The molecule has 1 aliphatic heterocycles. The maximum atomic E-state index is 6.18. The Morgan fingerprint density at radius 3 is 2.47 bits per heavy atom. The molecule has 7 heteroatoms. The molecule has 8 rings (SSSR count). The average molecular weight is 469 g/mol. The number of hydrogen-bond acceptors (Lipinski definition) is 5. The summed E-state index contributed by atoms with van der Waals surface area (Å²) in [5.74, 6) is 2.58. The molecule has 0 saturated heterocycles. The first kappa shape index (κ1) is 19.5. The number of nitrogens with one attached hydrogen (secondary N) is 2. The third-order valence-electron chi connectivity index (χ3n) is 7.18. The summed E-state index contributed by atoms with van der Waals surface area (Å²) in [6.45, 7) is 4.41. The molecule has 2 N–H and O–H groups in total. The Balaban J connectivity index is 1.32. The van der Waals surface area contributed by atoms with Crippen LogP contribution in [0.5, 0.6) is 5.75 Å². The monoisotopic (exact) mass is 468 g/mol. The summed E-state index contributed by atoms with van der Waals surface area (Å²) in [4.78, 5) is 17.4. The van der Waals surface area contributed by atoms with Crippen LogP contribution >= 0.6 is 0 Å². The highest BCUT2D eigenvalue weighted by molar-refractivity contribution is 6.23. The molecule has 0 unspecified atom stereocenters. The smallest absolute Gasteiger partial charge is 0.137 e. The van der Waals surface area contributed by atoms with Gasteiger partial charge in [-0.25, -0.2) is 15.0 Å². The van der Waals surface area contributed by atoms with Crippen molar-refractivity contribution in [3.05, 3.63) is 78.3 Å². The van der Waals surface area contributed by atoms with Gasteiger partial charge >= 0.3 is 0 Å². The summed E-state index contributed by atoms with van der Waals surface area (Å²) in [6, 6.07) is 17.4. The van der Waals surface area contributed by atoms with Gasteiger partial charge in [-0.1, -0.05) is 30.3 Å². The van der Waals surface area contributed by atoms with Crippen LogP contribution in [0.4, 0.5) is 0 Å². The van der Waals surface area contributed by atoms with E-state index in [4.69, 9.17) is 9.72 Å². The number of imidazole rings is 2. The summed E-state index contributed by atoms with van der Waals surface area (Å²) < 4.78 is 6.18. The number of fused-ring (bicyclic) bond motifs is 11. The molecular formula is C29H20N6O. The number of aromatic amines is 2. The Kier molecular flexibility index (Phi) is 3.73. The number of aromatic nitrogens is 6. The van der Waals surface area contributed by atoms with Crippen LogP contribution in [-0.4, -0.2) is 30.1 Å². The lowest BCUT2D eigenvalue weighted by molar-refractivity contribution is 0.301. The van der Waals surface area contributed by atoms with Crippen LogP contribution in [0.1, 0.15) is 17.3 Å². The Morgan fingerprint density at radius 2 is 1.58 bits per heavy atom. The number of ether oxygens (including phenoxy) is 1. The predicted molar refractivity (Wildman–Crippen MR) is 141 cm³/mol. The van der Waals surface area contributed by atoms with E-state index in [0.717, 1.165) is 88.8 Å². The van der Waals surface area contributed by atoms with Gasteiger partial charge in [0, 0.05) is 33.3 Å². The molecule has 7 aromatic rings. The van der Waals surface area contributed by atoms with Crippen molar-refractivity contribution >= 4 is 43.4 Å². The maximum Gasteiger partial charge on any atom is 0.137 e. The molecule has 4 heterocycles. The number of aryl methyl sites for hydroxylation is 2. The van der Waals surface area contributed by atoms with Crippen molar-refractivity contribution in [3.8, 4) is 28.1 Å². The van der Waals surface area contributed by atoms with Gasteiger partial charge in [0.1, 0.15) is 29.5 Å². The zero-order valence-corrected chi connectivity index (χ0v) is 19.7. The van der Waals surface area contributed by atoms with E-state index in [0.29, 0.717) is 6.61 Å². The van der Waals surface area contributed by atoms with Crippen molar-refractivity contribution in [1.82, 2.24) is 30.1 Å². The second-order valence-corrected chi connectivity index (χ2v) is 9.40. The topological polar surface area (TPSA) is 92.4 Å². The fourth-order valence-corrected chi connectivity index (χ4v) is 5.58. The van der Waals surface area contributed by atoms with E-state index in [2.05, 4.69) is 73.7 Å². The summed E-state index contributed by atoms with van der Waals surface area (Å²) in [5.41, 5.74) is 7.17. The van der Waals surface area contributed by atoms with Gasteiger partial charge in [-0.15, -0.1) is 0 Å². The fraction of sp³-hybridized carbons (Fsp3) is 0.103. The second kappa shape index (κ2) is 6.88. The molecule has 0 spiro atoms. The molecule has 0 bridgehead atoms. The van der Waals surface area contributed by atoms with Gasteiger partial charge < -0.3 is 9.72 Å². The molecule has 0 radical (unpaired) electrons. The zero-order chi connectivity index (χ0) is 24.0. The van der Waals surface area contributed by atoms with E-state index in [1.54, 1.807) is 0 Å². The first-order valence-electron chi connectivity index (χ1n) is 11.9. The van der Waals surface area contributed by atoms with Gasteiger partial charge in [0.2, 0.25) is 0 Å². The van der Waals surface area contributed by atoms with E-state index in [1.165, 1.54) is 0 Å². The number of benzene rings is 4. The number of H-pyrrole nitrogens is 2. The minimum absolute atomic E-state index is 0.506.